The minimum atomic E-state index is -2.09. The molecule has 0 spiro atoms. The standard InChI is InChI=1S/C31H53N3O5Si2/c1-29(2,3)40(9,10)37-21-23(39-41(11,12)30(4,5)6)19-33-15-16-34(26(35)20-33)27-24-17-22(18-32)13-14-25(24)38-31(7,8)28(27)36/h13-14,17,23,27-28,36H,15-16,19-21H2,1-12H3/t23?,27-,28+/m1/s1. The molecular weight excluding hydrogens is 551 g/mol. The lowest BCUT2D eigenvalue weighted by Crippen LogP contribution is -2.60. The first kappa shape index (κ1) is 33.8. The fourth-order valence-corrected chi connectivity index (χ4v) is 7.25. The Labute approximate surface area is 250 Å². The van der Waals surface area contributed by atoms with Crippen molar-refractivity contribution in [3.05, 3.63) is 29.3 Å². The van der Waals surface area contributed by atoms with E-state index in [1.54, 1.807) is 23.1 Å². The molecular formula is C31H53N3O5Si2. The van der Waals surface area contributed by atoms with Gasteiger partial charge >= 0.3 is 0 Å². The molecule has 1 saturated heterocycles. The molecule has 2 aliphatic heterocycles. The molecule has 2 aliphatic rings. The molecule has 1 fully saturated rings. The zero-order valence-electron chi connectivity index (χ0n) is 27.4. The zero-order valence-corrected chi connectivity index (χ0v) is 29.4. The Balaban J connectivity index is 1.81. The van der Waals surface area contributed by atoms with E-state index in [1.807, 2.05) is 13.8 Å². The number of aliphatic hydroxyl groups excluding tert-OH is 1. The molecule has 10 heteroatoms. The SMILES string of the molecule is CC1(C)Oc2ccc(C#N)cc2[C@@H](N2CCN(CC(CO[Si](C)(C)C(C)(C)C)O[Si](C)(C)C(C)(C)C)CC2=O)[C@@H]1O. The lowest BCUT2D eigenvalue weighted by molar-refractivity contribution is -0.151. The average Bonchev–Trinajstić information content (AvgIpc) is 2.82. The highest BCUT2D eigenvalue weighted by molar-refractivity contribution is 6.74. The van der Waals surface area contributed by atoms with Crippen molar-refractivity contribution in [1.82, 2.24) is 9.80 Å². The number of fused-ring (bicyclic) bond motifs is 1. The Morgan fingerprint density at radius 2 is 1.71 bits per heavy atom. The number of amides is 1. The van der Waals surface area contributed by atoms with Crippen LogP contribution in [0.4, 0.5) is 0 Å². The molecule has 1 N–H and O–H groups in total. The fraction of sp³-hybridized carbons (Fsp3) is 0.742. The summed E-state index contributed by atoms with van der Waals surface area (Å²) < 4.78 is 19.6. The van der Waals surface area contributed by atoms with Gasteiger partial charge in [0.1, 0.15) is 17.5 Å². The van der Waals surface area contributed by atoms with Crippen LogP contribution in [0.1, 0.15) is 72.6 Å². The summed E-state index contributed by atoms with van der Waals surface area (Å²) in [7, 11) is -4.07. The van der Waals surface area contributed by atoms with Crippen LogP contribution in [0.15, 0.2) is 18.2 Å². The summed E-state index contributed by atoms with van der Waals surface area (Å²) in [6.45, 7) is 28.6. The molecule has 1 aromatic rings. The molecule has 0 saturated carbocycles. The molecule has 2 heterocycles. The number of carbonyl (C=O) groups excluding carboxylic acids is 1. The van der Waals surface area contributed by atoms with E-state index < -0.39 is 34.4 Å². The third-order valence-corrected chi connectivity index (χ3v) is 18.7. The first-order valence-corrected chi connectivity index (χ1v) is 20.7. The number of piperazine rings is 1. The van der Waals surface area contributed by atoms with Gasteiger partial charge in [-0.15, -0.1) is 0 Å². The maximum absolute atomic E-state index is 13.7. The summed E-state index contributed by atoms with van der Waals surface area (Å²) in [6, 6.07) is 6.79. The highest BCUT2D eigenvalue weighted by Gasteiger charge is 2.48. The van der Waals surface area contributed by atoms with Crippen LogP contribution in [-0.2, 0) is 13.6 Å². The fourth-order valence-electron chi connectivity index (χ4n) is 4.88. The Morgan fingerprint density at radius 1 is 1.10 bits per heavy atom. The third-order valence-electron chi connectivity index (χ3n) is 9.68. The Bertz CT molecular complexity index is 1150. The van der Waals surface area contributed by atoms with Gasteiger partial charge in [0, 0.05) is 25.2 Å². The topological polar surface area (TPSA) is 95.3 Å². The van der Waals surface area contributed by atoms with Gasteiger partial charge in [-0.1, -0.05) is 41.5 Å². The second kappa shape index (κ2) is 11.7. The molecule has 230 valence electrons. The van der Waals surface area contributed by atoms with Gasteiger partial charge in [0.2, 0.25) is 5.91 Å². The number of nitrogens with zero attached hydrogens (tertiary/aromatic N) is 3. The van der Waals surface area contributed by atoms with Gasteiger partial charge in [-0.05, 0) is 68.3 Å². The van der Waals surface area contributed by atoms with Gasteiger partial charge in [0.05, 0.1) is 36.9 Å². The van der Waals surface area contributed by atoms with E-state index in [-0.39, 0.29) is 28.6 Å². The predicted octanol–water partition coefficient (Wildman–Crippen LogP) is 5.69. The first-order chi connectivity index (χ1) is 18.6. The predicted molar refractivity (Wildman–Crippen MR) is 168 cm³/mol. The minimum absolute atomic E-state index is 0.0531. The van der Waals surface area contributed by atoms with Crippen LogP contribution >= 0.6 is 0 Å². The van der Waals surface area contributed by atoms with Crippen molar-refractivity contribution < 1.29 is 23.5 Å². The van der Waals surface area contributed by atoms with Crippen LogP contribution < -0.4 is 4.74 Å². The Morgan fingerprint density at radius 3 is 2.24 bits per heavy atom. The molecule has 41 heavy (non-hydrogen) atoms. The molecule has 8 nitrogen and oxygen atoms in total. The van der Waals surface area contributed by atoms with Crippen molar-refractivity contribution in [2.45, 2.75) is 116 Å². The largest absolute Gasteiger partial charge is 0.485 e. The summed E-state index contributed by atoms with van der Waals surface area (Å²) in [5.41, 5.74) is 0.272. The quantitative estimate of drug-likeness (QED) is 0.382. The zero-order chi connectivity index (χ0) is 31.2. The van der Waals surface area contributed by atoms with E-state index in [0.29, 0.717) is 43.1 Å². The van der Waals surface area contributed by atoms with Gasteiger partial charge < -0.3 is 23.6 Å². The van der Waals surface area contributed by atoms with E-state index in [1.165, 1.54) is 0 Å². The van der Waals surface area contributed by atoms with Crippen molar-refractivity contribution >= 4 is 22.5 Å². The number of nitriles is 1. The van der Waals surface area contributed by atoms with Gasteiger partial charge in [-0.3, -0.25) is 9.69 Å². The highest BCUT2D eigenvalue weighted by atomic mass is 28.4. The lowest BCUT2D eigenvalue weighted by Gasteiger charge is -2.48. The van der Waals surface area contributed by atoms with Gasteiger partial charge in [-0.25, -0.2) is 0 Å². The van der Waals surface area contributed by atoms with Crippen molar-refractivity contribution in [2.75, 3.05) is 32.8 Å². The van der Waals surface area contributed by atoms with Crippen LogP contribution in [0.5, 0.6) is 5.75 Å². The number of rotatable bonds is 8. The number of aliphatic hydroxyl groups is 1. The molecule has 3 atom stereocenters. The summed E-state index contributed by atoms with van der Waals surface area (Å²) in [5, 5.41) is 21.0. The van der Waals surface area contributed by atoms with Crippen LogP contribution in [0.25, 0.3) is 0 Å². The van der Waals surface area contributed by atoms with Crippen LogP contribution in [-0.4, -0.2) is 88.0 Å². The third kappa shape index (κ3) is 7.43. The maximum Gasteiger partial charge on any atom is 0.237 e. The molecule has 0 aliphatic carbocycles. The summed E-state index contributed by atoms with van der Waals surface area (Å²) in [4.78, 5) is 17.6. The van der Waals surface area contributed by atoms with Crippen LogP contribution in [0, 0.1) is 11.3 Å². The molecule has 0 bridgehead atoms. The normalized spacial score (nSPS) is 23.0. The number of carbonyl (C=O) groups is 1. The molecule has 1 unspecified atom stereocenters. The molecule has 0 radical (unpaired) electrons. The average molecular weight is 604 g/mol. The molecule has 3 rings (SSSR count). The number of hydrogen-bond acceptors (Lipinski definition) is 7. The van der Waals surface area contributed by atoms with E-state index in [2.05, 4.69) is 78.7 Å². The highest BCUT2D eigenvalue weighted by Crippen LogP contribution is 2.44. The maximum atomic E-state index is 13.7. The number of ether oxygens (including phenoxy) is 1. The molecule has 1 aromatic carbocycles. The van der Waals surface area contributed by atoms with Crippen molar-refractivity contribution in [3.63, 3.8) is 0 Å². The van der Waals surface area contributed by atoms with E-state index in [4.69, 9.17) is 13.6 Å². The van der Waals surface area contributed by atoms with E-state index >= 15 is 0 Å². The second-order valence-corrected chi connectivity index (χ2v) is 24.9. The number of benzene rings is 1. The summed E-state index contributed by atoms with van der Waals surface area (Å²) in [6.07, 6.45) is -1.08. The monoisotopic (exact) mass is 603 g/mol. The molecule has 1 amide bonds. The van der Waals surface area contributed by atoms with Crippen LogP contribution in [0.3, 0.4) is 0 Å². The summed E-state index contributed by atoms with van der Waals surface area (Å²) >= 11 is 0. The van der Waals surface area contributed by atoms with Gasteiger partial charge in [0.15, 0.2) is 16.6 Å². The van der Waals surface area contributed by atoms with Crippen molar-refractivity contribution in [2.24, 2.45) is 0 Å². The van der Waals surface area contributed by atoms with Crippen molar-refractivity contribution in [1.29, 1.82) is 5.26 Å². The van der Waals surface area contributed by atoms with E-state index in [9.17, 15) is 15.2 Å². The number of hydrogen-bond donors (Lipinski definition) is 1. The molecule has 0 aromatic heterocycles. The van der Waals surface area contributed by atoms with Crippen LogP contribution in [0.2, 0.25) is 36.3 Å². The first-order valence-electron chi connectivity index (χ1n) is 14.8. The minimum Gasteiger partial charge on any atom is -0.485 e. The Kier molecular flexibility index (Phi) is 9.66. The Hall–Kier alpha value is -1.75. The smallest absolute Gasteiger partial charge is 0.237 e. The van der Waals surface area contributed by atoms with Gasteiger partial charge in [-0.2, -0.15) is 5.26 Å². The second-order valence-electron chi connectivity index (χ2n) is 15.4. The van der Waals surface area contributed by atoms with Crippen molar-refractivity contribution in [3.8, 4) is 11.8 Å². The van der Waals surface area contributed by atoms with Gasteiger partial charge in [0.25, 0.3) is 0 Å². The van der Waals surface area contributed by atoms with E-state index in [0.717, 1.165) is 0 Å². The lowest BCUT2D eigenvalue weighted by atomic mass is 9.84. The summed E-state index contributed by atoms with van der Waals surface area (Å²) in [5.74, 6) is 0.549.